The quantitative estimate of drug-likeness (QED) is 0.914. The number of nitrogens with one attached hydrogen (secondary N) is 1. The second kappa shape index (κ2) is 7.02. The second-order valence-corrected chi connectivity index (χ2v) is 6.04. The summed E-state index contributed by atoms with van der Waals surface area (Å²) < 4.78 is 14.7. The van der Waals surface area contributed by atoms with E-state index in [0.717, 1.165) is 19.4 Å². The van der Waals surface area contributed by atoms with Crippen molar-refractivity contribution >= 4 is 5.82 Å². The van der Waals surface area contributed by atoms with Crippen molar-refractivity contribution in [2.75, 3.05) is 11.4 Å². The lowest BCUT2D eigenvalue weighted by Crippen LogP contribution is -2.34. The molecule has 0 amide bonds. The van der Waals surface area contributed by atoms with E-state index >= 15 is 0 Å². The van der Waals surface area contributed by atoms with Crippen molar-refractivity contribution in [2.45, 2.75) is 65.1 Å². The third-order valence-corrected chi connectivity index (χ3v) is 3.98. The molecular weight excluding hydrogens is 253 g/mol. The number of halogens is 1. The first-order chi connectivity index (χ1) is 9.59. The minimum atomic E-state index is -0.158. The Morgan fingerprint density at radius 1 is 1.40 bits per heavy atom. The average Bonchev–Trinajstić information content (AvgIpc) is 2.62. The Morgan fingerprint density at radius 3 is 2.95 bits per heavy atom. The number of aromatic nitrogens is 1. The van der Waals surface area contributed by atoms with Crippen molar-refractivity contribution < 1.29 is 4.39 Å². The van der Waals surface area contributed by atoms with E-state index in [1.807, 2.05) is 0 Å². The van der Waals surface area contributed by atoms with Crippen molar-refractivity contribution in [3.63, 3.8) is 0 Å². The van der Waals surface area contributed by atoms with Gasteiger partial charge in [-0.25, -0.2) is 9.37 Å². The monoisotopic (exact) mass is 279 g/mol. The van der Waals surface area contributed by atoms with Gasteiger partial charge in [0.1, 0.15) is 0 Å². The number of rotatable bonds is 4. The van der Waals surface area contributed by atoms with Gasteiger partial charge in [0.25, 0.3) is 0 Å². The summed E-state index contributed by atoms with van der Waals surface area (Å²) in [6, 6.07) is 2.49. The molecule has 2 rings (SSSR count). The molecule has 0 aliphatic carbocycles. The summed E-state index contributed by atoms with van der Waals surface area (Å²) in [6.07, 6.45) is 6.44. The van der Waals surface area contributed by atoms with Gasteiger partial charge in [-0.05, 0) is 25.8 Å². The predicted octanol–water partition coefficient (Wildman–Crippen LogP) is 3.49. The number of anilines is 1. The molecule has 112 valence electrons. The van der Waals surface area contributed by atoms with Crippen molar-refractivity contribution in [1.82, 2.24) is 10.3 Å². The van der Waals surface area contributed by atoms with Crippen LogP contribution in [0.5, 0.6) is 0 Å². The molecule has 1 aliphatic heterocycles. The largest absolute Gasteiger partial charge is 0.351 e. The van der Waals surface area contributed by atoms with Crippen LogP contribution in [0.15, 0.2) is 12.3 Å². The fraction of sp³-hybridized carbons (Fsp3) is 0.688. The van der Waals surface area contributed by atoms with Crippen LogP contribution in [0.1, 0.15) is 52.0 Å². The highest BCUT2D eigenvalue weighted by Gasteiger charge is 2.22. The summed E-state index contributed by atoms with van der Waals surface area (Å²) in [5.74, 6) is 0.372. The molecule has 4 heteroatoms. The molecule has 0 radical (unpaired) electrons. The van der Waals surface area contributed by atoms with Gasteiger partial charge in [0.15, 0.2) is 11.6 Å². The molecule has 2 heterocycles. The van der Waals surface area contributed by atoms with Gasteiger partial charge in [0.2, 0.25) is 0 Å². The second-order valence-electron chi connectivity index (χ2n) is 6.04. The molecule has 1 saturated heterocycles. The van der Waals surface area contributed by atoms with Crippen LogP contribution in [0.2, 0.25) is 0 Å². The highest BCUT2D eigenvalue weighted by Crippen LogP contribution is 2.26. The van der Waals surface area contributed by atoms with E-state index in [4.69, 9.17) is 0 Å². The Kier molecular flexibility index (Phi) is 5.35. The molecular formula is C16H26FN3. The van der Waals surface area contributed by atoms with Crippen LogP contribution in [-0.2, 0) is 6.54 Å². The zero-order valence-corrected chi connectivity index (χ0v) is 12.8. The zero-order chi connectivity index (χ0) is 14.5. The molecule has 1 N–H and O–H groups in total. The topological polar surface area (TPSA) is 28.2 Å². The van der Waals surface area contributed by atoms with Crippen LogP contribution in [0, 0.1) is 5.82 Å². The third kappa shape index (κ3) is 3.69. The van der Waals surface area contributed by atoms with Gasteiger partial charge in [0, 0.05) is 36.9 Å². The van der Waals surface area contributed by atoms with Gasteiger partial charge in [-0.3, -0.25) is 0 Å². The van der Waals surface area contributed by atoms with Gasteiger partial charge in [-0.15, -0.1) is 0 Å². The maximum atomic E-state index is 14.7. The van der Waals surface area contributed by atoms with Crippen LogP contribution >= 0.6 is 0 Å². The Morgan fingerprint density at radius 2 is 2.20 bits per heavy atom. The minimum absolute atomic E-state index is 0.158. The van der Waals surface area contributed by atoms with E-state index in [1.165, 1.54) is 12.8 Å². The van der Waals surface area contributed by atoms with Gasteiger partial charge in [-0.1, -0.05) is 26.7 Å². The van der Waals surface area contributed by atoms with Crippen LogP contribution in [0.4, 0.5) is 10.2 Å². The molecule has 1 unspecified atom stereocenters. The van der Waals surface area contributed by atoms with Crippen LogP contribution in [0.25, 0.3) is 0 Å². The van der Waals surface area contributed by atoms with E-state index in [-0.39, 0.29) is 5.82 Å². The Bertz CT molecular complexity index is 434. The van der Waals surface area contributed by atoms with E-state index in [1.54, 1.807) is 12.3 Å². The SMILES string of the molecule is CC(C)NCc1ccnc(N2CCCCCC2C)c1F. The van der Waals surface area contributed by atoms with Crippen molar-refractivity contribution in [3.05, 3.63) is 23.6 Å². The van der Waals surface area contributed by atoms with Crippen LogP contribution < -0.4 is 10.2 Å². The summed E-state index contributed by atoms with van der Waals surface area (Å²) in [5.41, 5.74) is 0.708. The predicted molar refractivity (Wildman–Crippen MR) is 81.4 cm³/mol. The maximum absolute atomic E-state index is 14.7. The Labute approximate surface area is 121 Å². The first-order valence-corrected chi connectivity index (χ1v) is 7.73. The first-order valence-electron chi connectivity index (χ1n) is 7.73. The fourth-order valence-electron chi connectivity index (χ4n) is 2.71. The smallest absolute Gasteiger partial charge is 0.170 e. The van der Waals surface area contributed by atoms with Gasteiger partial charge in [-0.2, -0.15) is 0 Å². The molecule has 0 saturated carbocycles. The van der Waals surface area contributed by atoms with Gasteiger partial charge in [0.05, 0.1) is 0 Å². The summed E-state index contributed by atoms with van der Waals surface area (Å²) in [7, 11) is 0. The van der Waals surface area contributed by atoms with E-state index in [9.17, 15) is 4.39 Å². The molecule has 1 aromatic heterocycles. The van der Waals surface area contributed by atoms with E-state index in [0.29, 0.717) is 30.0 Å². The lowest BCUT2D eigenvalue weighted by Gasteiger charge is -2.29. The van der Waals surface area contributed by atoms with Crippen LogP contribution in [-0.4, -0.2) is 23.6 Å². The molecule has 0 aromatic carbocycles. The summed E-state index contributed by atoms with van der Waals surface area (Å²) in [6.45, 7) is 7.77. The summed E-state index contributed by atoms with van der Waals surface area (Å²) in [5, 5.41) is 3.27. The maximum Gasteiger partial charge on any atom is 0.170 e. The lowest BCUT2D eigenvalue weighted by atomic mass is 10.1. The number of hydrogen-bond acceptors (Lipinski definition) is 3. The molecule has 0 bridgehead atoms. The Hall–Kier alpha value is -1.16. The minimum Gasteiger partial charge on any atom is -0.351 e. The highest BCUT2D eigenvalue weighted by atomic mass is 19.1. The van der Waals surface area contributed by atoms with Crippen molar-refractivity contribution in [1.29, 1.82) is 0 Å². The van der Waals surface area contributed by atoms with Crippen LogP contribution in [0.3, 0.4) is 0 Å². The highest BCUT2D eigenvalue weighted by molar-refractivity contribution is 5.44. The molecule has 3 nitrogen and oxygen atoms in total. The number of pyridine rings is 1. The zero-order valence-electron chi connectivity index (χ0n) is 12.8. The van der Waals surface area contributed by atoms with Crippen molar-refractivity contribution in [2.24, 2.45) is 0 Å². The molecule has 20 heavy (non-hydrogen) atoms. The van der Waals surface area contributed by atoms with Gasteiger partial charge < -0.3 is 10.2 Å². The van der Waals surface area contributed by atoms with Gasteiger partial charge >= 0.3 is 0 Å². The standard InChI is InChI=1S/C16H26FN3/c1-12(2)19-11-14-8-9-18-16(15(14)17)20-10-6-4-5-7-13(20)3/h8-9,12-13,19H,4-7,10-11H2,1-3H3. The normalized spacial score (nSPS) is 20.2. The van der Waals surface area contributed by atoms with E-state index < -0.39 is 0 Å². The Balaban J connectivity index is 2.20. The summed E-state index contributed by atoms with van der Waals surface area (Å²) >= 11 is 0. The van der Waals surface area contributed by atoms with E-state index in [2.05, 4.69) is 36.0 Å². The molecule has 1 fully saturated rings. The molecule has 1 aliphatic rings. The first kappa shape index (κ1) is 15.2. The number of nitrogens with zero attached hydrogens (tertiary/aromatic N) is 2. The average molecular weight is 279 g/mol. The lowest BCUT2D eigenvalue weighted by molar-refractivity contribution is 0.537. The third-order valence-electron chi connectivity index (χ3n) is 3.98. The molecule has 0 spiro atoms. The number of hydrogen-bond donors (Lipinski definition) is 1. The summed E-state index contributed by atoms with van der Waals surface area (Å²) in [4.78, 5) is 6.45. The van der Waals surface area contributed by atoms with Crippen molar-refractivity contribution in [3.8, 4) is 0 Å². The fourth-order valence-corrected chi connectivity index (χ4v) is 2.71. The molecule has 1 atom stereocenters. The molecule has 1 aromatic rings.